The number of hydrazone groups is 1. The molecule has 1 heterocycles. The maximum atomic E-state index is 5.85. The third-order valence-electron chi connectivity index (χ3n) is 2.82. The predicted octanol–water partition coefficient (Wildman–Crippen LogP) is 1.70. The normalized spacial score (nSPS) is 35.0. The molecule has 1 N–H and O–H groups in total. The minimum Gasteiger partial charge on any atom is -0.302 e. The molecule has 56 valence electrons. The molecule has 1 spiro atoms. The summed E-state index contributed by atoms with van der Waals surface area (Å²) in [6.45, 7) is 2.14. The predicted molar refractivity (Wildman–Crippen MR) is 42.2 cm³/mol. The van der Waals surface area contributed by atoms with Crippen LogP contribution >= 0.6 is 11.6 Å². The van der Waals surface area contributed by atoms with Crippen molar-refractivity contribution in [3.05, 3.63) is 0 Å². The van der Waals surface area contributed by atoms with Crippen LogP contribution in [0.1, 0.15) is 26.2 Å². The van der Waals surface area contributed by atoms with Gasteiger partial charge in [0.05, 0.1) is 5.54 Å². The second kappa shape index (κ2) is 1.88. The Morgan fingerprint density at radius 1 is 1.70 bits per heavy atom. The molecule has 1 saturated carbocycles. The van der Waals surface area contributed by atoms with Crippen LogP contribution in [0.5, 0.6) is 0 Å². The highest BCUT2D eigenvalue weighted by Crippen LogP contribution is 2.42. The quantitative estimate of drug-likeness (QED) is 0.570. The average molecular weight is 159 g/mol. The lowest BCUT2D eigenvalue weighted by atomic mass is 9.70. The Morgan fingerprint density at radius 2 is 2.40 bits per heavy atom. The van der Waals surface area contributed by atoms with Crippen LogP contribution in [0.15, 0.2) is 5.10 Å². The number of rotatable bonds is 0. The first-order valence-corrected chi connectivity index (χ1v) is 4.13. The van der Waals surface area contributed by atoms with Gasteiger partial charge in [0.1, 0.15) is 5.17 Å². The van der Waals surface area contributed by atoms with Gasteiger partial charge >= 0.3 is 0 Å². The Labute approximate surface area is 65.6 Å². The first kappa shape index (κ1) is 6.47. The highest BCUT2D eigenvalue weighted by atomic mass is 35.5. The van der Waals surface area contributed by atoms with Crippen LogP contribution in [0.4, 0.5) is 0 Å². The number of hydrogen-bond donors (Lipinski definition) is 1. The van der Waals surface area contributed by atoms with Crippen molar-refractivity contribution in [2.75, 3.05) is 0 Å². The fourth-order valence-electron chi connectivity index (χ4n) is 1.69. The van der Waals surface area contributed by atoms with Gasteiger partial charge < -0.3 is 5.43 Å². The van der Waals surface area contributed by atoms with E-state index in [0.29, 0.717) is 5.92 Å². The lowest BCUT2D eigenvalue weighted by Gasteiger charge is -2.41. The van der Waals surface area contributed by atoms with Gasteiger partial charge in [-0.3, -0.25) is 0 Å². The molecule has 0 radical (unpaired) electrons. The molecule has 2 aliphatic rings. The van der Waals surface area contributed by atoms with Gasteiger partial charge in [-0.05, 0) is 19.3 Å². The number of nitrogens with one attached hydrogen (secondary N) is 1. The monoisotopic (exact) mass is 158 g/mol. The van der Waals surface area contributed by atoms with Crippen LogP contribution in [-0.4, -0.2) is 10.7 Å². The van der Waals surface area contributed by atoms with Crippen LogP contribution in [0.3, 0.4) is 0 Å². The molecule has 1 atom stereocenters. The van der Waals surface area contributed by atoms with Crippen LogP contribution in [0.25, 0.3) is 0 Å². The zero-order valence-electron chi connectivity index (χ0n) is 6.02. The summed E-state index contributed by atoms with van der Waals surface area (Å²) in [5, 5.41) is 4.77. The van der Waals surface area contributed by atoms with E-state index in [1.807, 2.05) is 0 Å². The van der Waals surface area contributed by atoms with Crippen molar-refractivity contribution in [2.24, 2.45) is 11.0 Å². The third-order valence-corrected chi connectivity index (χ3v) is 3.23. The Kier molecular flexibility index (Phi) is 1.21. The number of nitrogens with zero attached hydrogens (tertiary/aromatic N) is 1. The molecule has 3 heteroatoms. The van der Waals surface area contributed by atoms with Crippen molar-refractivity contribution in [3.63, 3.8) is 0 Å². The van der Waals surface area contributed by atoms with Gasteiger partial charge in [0.2, 0.25) is 0 Å². The first-order chi connectivity index (χ1) is 4.75. The Balaban J connectivity index is 2.16. The minimum atomic E-state index is 0.261. The van der Waals surface area contributed by atoms with E-state index >= 15 is 0 Å². The van der Waals surface area contributed by atoms with Gasteiger partial charge in [0.25, 0.3) is 0 Å². The Bertz CT molecular complexity index is 184. The van der Waals surface area contributed by atoms with Crippen LogP contribution < -0.4 is 5.43 Å². The number of halogens is 1. The summed E-state index contributed by atoms with van der Waals surface area (Å²) >= 11 is 5.85. The lowest BCUT2D eigenvalue weighted by molar-refractivity contribution is 0.168. The molecule has 1 aliphatic heterocycles. The highest BCUT2D eigenvalue weighted by Gasteiger charge is 2.47. The molecule has 2 rings (SSSR count). The van der Waals surface area contributed by atoms with E-state index in [1.165, 1.54) is 19.3 Å². The van der Waals surface area contributed by atoms with Crippen molar-refractivity contribution >= 4 is 16.8 Å². The van der Waals surface area contributed by atoms with Crippen LogP contribution in [-0.2, 0) is 0 Å². The van der Waals surface area contributed by atoms with Crippen molar-refractivity contribution in [3.8, 4) is 0 Å². The molecule has 0 saturated heterocycles. The first-order valence-electron chi connectivity index (χ1n) is 3.75. The molecular weight excluding hydrogens is 148 g/mol. The SMILES string of the molecule is CC1C(Cl)=NNC12CCC2. The Hall–Kier alpha value is -0.240. The zero-order valence-corrected chi connectivity index (χ0v) is 6.78. The summed E-state index contributed by atoms with van der Waals surface area (Å²) in [4.78, 5) is 0. The molecule has 1 fully saturated rings. The van der Waals surface area contributed by atoms with E-state index in [1.54, 1.807) is 0 Å². The van der Waals surface area contributed by atoms with E-state index < -0.39 is 0 Å². The average Bonchev–Trinajstić information content (AvgIpc) is 2.10. The fraction of sp³-hybridized carbons (Fsp3) is 0.857. The van der Waals surface area contributed by atoms with E-state index in [9.17, 15) is 0 Å². The van der Waals surface area contributed by atoms with Gasteiger partial charge in [-0.25, -0.2) is 0 Å². The van der Waals surface area contributed by atoms with Crippen LogP contribution in [0, 0.1) is 5.92 Å². The van der Waals surface area contributed by atoms with Gasteiger partial charge in [0.15, 0.2) is 0 Å². The molecule has 10 heavy (non-hydrogen) atoms. The standard InChI is InChI=1S/C7H11ClN2/c1-5-6(8)9-10-7(5)3-2-4-7/h5,10H,2-4H2,1H3. The minimum absolute atomic E-state index is 0.261. The third kappa shape index (κ3) is 0.628. The molecule has 1 unspecified atom stereocenters. The molecule has 0 aromatic carbocycles. The maximum absolute atomic E-state index is 5.85. The van der Waals surface area contributed by atoms with Gasteiger partial charge in [-0.2, -0.15) is 5.10 Å². The van der Waals surface area contributed by atoms with Crippen molar-refractivity contribution < 1.29 is 0 Å². The topological polar surface area (TPSA) is 24.4 Å². The summed E-state index contributed by atoms with van der Waals surface area (Å²) in [7, 11) is 0. The molecule has 0 aromatic rings. The summed E-state index contributed by atoms with van der Waals surface area (Å²) in [6, 6.07) is 0. The summed E-state index contributed by atoms with van der Waals surface area (Å²) in [5.41, 5.74) is 3.39. The van der Waals surface area contributed by atoms with Crippen molar-refractivity contribution in [1.82, 2.24) is 5.43 Å². The molecule has 0 amide bonds. The summed E-state index contributed by atoms with van der Waals surface area (Å²) < 4.78 is 0. The van der Waals surface area contributed by atoms with Gasteiger partial charge in [-0.15, -0.1) is 0 Å². The fourth-order valence-corrected chi connectivity index (χ4v) is 1.94. The van der Waals surface area contributed by atoms with Crippen LogP contribution in [0.2, 0.25) is 0 Å². The van der Waals surface area contributed by atoms with Gasteiger partial charge in [0, 0.05) is 5.92 Å². The lowest BCUT2D eigenvalue weighted by Crippen LogP contribution is -2.50. The second-order valence-electron chi connectivity index (χ2n) is 3.28. The molecular formula is C7H11ClN2. The van der Waals surface area contributed by atoms with E-state index in [2.05, 4.69) is 17.5 Å². The second-order valence-corrected chi connectivity index (χ2v) is 3.66. The molecule has 2 nitrogen and oxygen atoms in total. The smallest absolute Gasteiger partial charge is 0.131 e. The molecule has 0 bridgehead atoms. The molecule has 1 aliphatic carbocycles. The Morgan fingerprint density at radius 3 is 2.60 bits per heavy atom. The van der Waals surface area contributed by atoms with E-state index in [-0.39, 0.29) is 5.54 Å². The maximum Gasteiger partial charge on any atom is 0.131 e. The summed E-state index contributed by atoms with van der Waals surface area (Å²) in [5.74, 6) is 0.433. The van der Waals surface area contributed by atoms with Crippen molar-refractivity contribution in [1.29, 1.82) is 0 Å². The largest absolute Gasteiger partial charge is 0.302 e. The molecule has 0 aromatic heterocycles. The highest BCUT2D eigenvalue weighted by molar-refractivity contribution is 6.66. The van der Waals surface area contributed by atoms with E-state index in [0.717, 1.165) is 5.17 Å². The number of hydrogen-bond acceptors (Lipinski definition) is 2. The van der Waals surface area contributed by atoms with Crippen molar-refractivity contribution in [2.45, 2.75) is 31.7 Å². The van der Waals surface area contributed by atoms with E-state index in [4.69, 9.17) is 11.6 Å². The summed E-state index contributed by atoms with van der Waals surface area (Å²) in [6.07, 6.45) is 3.78. The van der Waals surface area contributed by atoms with Gasteiger partial charge in [-0.1, -0.05) is 18.5 Å². The zero-order chi connectivity index (χ0) is 7.19.